The van der Waals surface area contributed by atoms with Crippen LogP contribution in [0.25, 0.3) is 0 Å². The highest BCUT2D eigenvalue weighted by molar-refractivity contribution is 7.86. The third kappa shape index (κ3) is 5.16. The van der Waals surface area contributed by atoms with Crippen molar-refractivity contribution in [3.8, 4) is 5.75 Å². The van der Waals surface area contributed by atoms with Crippen molar-refractivity contribution in [2.24, 2.45) is 5.92 Å². The van der Waals surface area contributed by atoms with Crippen LogP contribution in [0.5, 0.6) is 5.75 Å². The maximum Gasteiger partial charge on any atom is 0.303 e. The number of hydrogen-bond donors (Lipinski definition) is 0. The van der Waals surface area contributed by atoms with Crippen LogP contribution < -0.4 is 4.89 Å². The summed E-state index contributed by atoms with van der Waals surface area (Å²) in [5.41, 5.74) is 1.98. The second-order valence-corrected chi connectivity index (χ2v) is 7.12. The molecule has 0 unspecified atom stereocenters. The van der Waals surface area contributed by atoms with Gasteiger partial charge in [-0.15, -0.1) is 0 Å². The van der Waals surface area contributed by atoms with Crippen LogP contribution in [0.4, 0.5) is 0 Å². The summed E-state index contributed by atoms with van der Waals surface area (Å²) in [5.74, 6) is 0.320. The smallest absolute Gasteiger partial charge is 0.303 e. The van der Waals surface area contributed by atoms with Crippen LogP contribution >= 0.6 is 0 Å². The molecular formula is C17H20O4S. The van der Waals surface area contributed by atoms with E-state index in [1.54, 1.807) is 12.1 Å². The van der Waals surface area contributed by atoms with Crippen molar-refractivity contribution < 1.29 is 17.6 Å². The largest absolute Gasteiger partial charge is 0.321 e. The molecule has 2 aromatic rings. The van der Waals surface area contributed by atoms with Crippen molar-refractivity contribution >= 4 is 10.1 Å². The van der Waals surface area contributed by atoms with Gasteiger partial charge in [0, 0.05) is 12.0 Å². The highest BCUT2D eigenvalue weighted by Gasteiger charge is 2.17. The fourth-order valence-corrected chi connectivity index (χ4v) is 3.12. The summed E-state index contributed by atoms with van der Waals surface area (Å²) < 4.78 is 28.2. The normalized spacial score (nSPS) is 11.6. The Labute approximate surface area is 131 Å². The summed E-state index contributed by atoms with van der Waals surface area (Å²) in [5, 5.41) is 0. The number of hydrogen-bond acceptors (Lipinski definition) is 4. The van der Waals surface area contributed by atoms with E-state index < -0.39 is 10.1 Å². The third-order valence-corrected chi connectivity index (χ3v) is 4.33. The molecule has 0 saturated carbocycles. The van der Waals surface area contributed by atoms with Crippen molar-refractivity contribution in [3.63, 3.8) is 0 Å². The standard InChI is InChI=1S/C17H20O4S/c1-14(2)13-22(18,19)21-20-17-11-7-6-10-16(17)12-15-8-4-3-5-9-15/h3-11,14H,12-13H2,1-2H3. The van der Waals surface area contributed by atoms with Gasteiger partial charge in [-0.2, -0.15) is 8.42 Å². The van der Waals surface area contributed by atoms with Crippen LogP contribution in [-0.4, -0.2) is 14.2 Å². The quantitative estimate of drug-likeness (QED) is 0.578. The maximum absolute atomic E-state index is 11.7. The summed E-state index contributed by atoms with van der Waals surface area (Å²) in [6.45, 7) is 3.62. The Morgan fingerprint density at radius 2 is 1.59 bits per heavy atom. The molecule has 0 aliphatic rings. The lowest BCUT2D eigenvalue weighted by molar-refractivity contribution is -0.0935. The molecule has 0 aliphatic carbocycles. The Kier molecular flexibility index (Phi) is 5.57. The fourth-order valence-electron chi connectivity index (χ4n) is 2.07. The lowest BCUT2D eigenvalue weighted by atomic mass is 10.0. The predicted octanol–water partition coefficient (Wildman–Crippen LogP) is 3.57. The third-order valence-electron chi connectivity index (χ3n) is 2.97. The Morgan fingerprint density at radius 3 is 2.27 bits per heavy atom. The molecular weight excluding hydrogens is 300 g/mol. The van der Waals surface area contributed by atoms with E-state index in [1.165, 1.54) is 0 Å². The molecule has 0 N–H and O–H groups in total. The van der Waals surface area contributed by atoms with E-state index in [9.17, 15) is 8.42 Å². The zero-order chi connectivity index (χ0) is 16.0. The fraction of sp³-hybridized carbons (Fsp3) is 0.294. The van der Waals surface area contributed by atoms with Gasteiger partial charge in [0.2, 0.25) is 0 Å². The first-order chi connectivity index (χ1) is 10.5. The van der Waals surface area contributed by atoms with E-state index in [0.717, 1.165) is 11.1 Å². The minimum absolute atomic E-state index is 0.0202. The minimum atomic E-state index is -3.69. The van der Waals surface area contributed by atoms with Crippen molar-refractivity contribution in [3.05, 3.63) is 65.7 Å². The number of para-hydroxylation sites is 1. The van der Waals surface area contributed by atoms with Crippen molar-refractivity contribution in [1.82, 2.24) is 0 Å². The van der Waals surface area contributed by atoms with Gasteiger partial charge < -0.3 is 4.89 Å². The molecule has 0 bridgehead atoms. The molecule has 0 heterocycles. The van der Waals surface area contributed by atoms with Crippen LogP contribution in [0.2, 0.25) is 0 Å². The van der Waals surface area contributed by atoms with Gasteiger partial charge in [-0.05, 0) is 17.5 Å². The lowest BCUT2D eigenvalue weighted by Gasteiger charge is -2.11. The molecule has 2 rings (SSSR count). The van der Waals surface area contributed by atoms with Gasteiger partial charge in [0.05, 0.1) is 5.75 Å². The van der Waals surface area contributed by atoms with E-state index in [0.29, 0.717) is 12.2 Å². The lowest BCUT2D eigenvalue weighted by Crippen LogP contribution is -2.17. The molecule has 5 heteroatoms. The zero-order valence-electron chi connectivity index (χ0n) is 12.7. The minimum Gasteiger partial charge on any atom is -0.321 e. The number of benzene rings is 2. The maximum atomic E-state index is 11.7. The van der Waals surface area contributed by atoms with Crippen LogP contribution in [0.1, 0.15) is 25.0 Å². The van der Waals surface area contributed by atoms with Crippen LogP contribution in [0.15, 0.2) is 54.6 Å². The summed E-state index contributed by atoms with van der Waals surface area (Å²) >= 11 is 0. The zero-order valence-corrected chi connectivity index (χ0v) is 13.5. The van der Waals surface area contributed by atoms with Crippen LogP contribution in [0, 0.1) is 5.92 Å². The van der Waals surface area contributed by atoms with E-state index in [4.69, 9.17) is 4.89 Å². The molecule has 2 aromatic carbocycles. The highest BCUT2D eigenvalue weighted by atomic mass is 32.2. The second kappa shape index (κ2) is 7.42. The average molecular weight is 320 g/mol. The van der Waals surface area contributed by atoms with Gasteiger partial charge in [-0.1, -0.05) is 66.7 Å². The van der Waals surface area contributed by atoms with Crippen molar-refractivity contribution in [1.29, 1.82) is 0 Å². The highest BCUT2D eigenvalue weighted by Crippen LogP contribution is 2.22. The Morgan fingerprint density at radius 1 is 0.955 bits per heavy atom. The molecule has 0 aromatic heterocycles. The molecule has 118 valence electrons. The molecule has 4 nitrogen and oxygen atoms in total. The molecule has 0 spiro atoms. The molecule has 0 atom stereocenters. The van der Waals surface area contributed by atoms with Crippen molar-refractivity contribution in [2.75, 3.05) is 5.75 Å². The van der Waals surface area contributed by atoms with E-state index in [2.05, 4.69) is 4.33 Å². The first kappa shape index (κ1) is 16.5. The second-order valence-electron chi connectivity index (χ2n) is 5.54. The van der Waals surface area contributed by atoms with Crippen LogP contribution in [0.3, 0.4) is 0 Å². The SMILES string of the molecule is CC(C)CS(=O)(=O)OOc1ccccc1Cc1ccccc1. The van der Waals surface area contributed by atoms with Gasteiger partial charge in [0.1, 0.15) is 0 Å². The molecule has 0 saturated heterocycles. The van der Waals surface area contributed by atoms with Gasteiger partial charge in [-0.3, -0.25) is 0 Å². The summed E-state index contributed by atoms with van der Waals surface area (Å²) in [7, 11) is -3.69. The van der Waals surface area contributed by atoms with Gasteiger partial charge in [0.15, 0.2) is 5.75 Å². The van der Waals surface area contributed by atoms with Gasteiger partial charge in [0.25, 0.3) is 0 Å². The number of rotatable bonds is 7. The van der Waals surface area contributed by atoms with E-state index >= 15 is 0 Å². The average Bonchev–Trinajstić information content (AvgIpc) is 2.46. The van der Waals surface area contributed by atoms with Gasteiger partial charge >= 0.3 is 10.1 Å². The predicted molar refractivity (Wildman–Crippen MR) is 86.0 cm³/mol. The molecule has 0 radical (unpaired) electrons. The van der Waals surface area contributed by atoms with Gasteiger partial charge in [-0.25, -0.2) is 0 Å². The monoisotopic (exact) mass is 320 g/mol. The molecule has 0 amide bonds. The Hall–Kier alpha value is -1.85. The topological polar surface area (TPSA) is 52.6 Å². The summed E-state index contributed by atoms with van der Waals surface area (Å²) in [4.78, 5) is 5.09. The molecule has 0 aliphatic heterocycles. The molecule has 0 fully saturated rings. The Bertz CT molecular complexity index is 694. The summed E-state index contributed by atoms with van der Waals surface area (Å²) in [6.07, 6.45) is 0.643. The first-order valence-corrected chi connectivity index (χ1v) is 8.74. The van der Waals surface area contributed by atoms with Crippen molar-refractivity contribution in [2.45, 2.75) is 20.3 Å². The van der Waals surface area contributed by atoms with Crippen LogP contribution in [-0.2, 0) is 20.9 Å². The first-order valence-electron chi connectivity index (χ1n) is 7.17. The summed E-state index contributed by atoms with van der Waals surface area (Å²) in [6, 6.07) is 17.1. The van der Waals surface area contributed by atoms with E-state index in [1.807, 2.05) is 56.3 Å². The molecule has 22 heavy (non-hydrogen) atoms. The Balaban J connectivity index is 2.09. The van der Waals surface area contributed by atoms with E-state index in [-0.39, 0.29) is 11.7 Å².